The summed E-state index contributed by atoms with van der Waals surface area (Å²) in [4.78, 5) is 19.7. The molecule has 6 nitrogen and oxygen atoms in total. The van der Waals surface area contributed by atoms with Crippen molar-refractivity contribution >= 4 is 17.4 Å². The van der Waals surface area contributed by atoms with Gasteiger partial charge in [0.1, 0.15) is 6.04 Å². The zero-order valence-corrected chi connectivity index (χ0v) is 16.6. The number of nitrogens with one attached hydrogen (secondary N) is 1. The fraction of sp³-hybridized carbons (Fsp3) is 0.261. The highest BCUT2D eigenvalue weighted by Crippen LogP contribution is 2.40. The van der Waals surface area contributed by atoms with Crippen LogP contribution < -0.4 is 10.2 Å². The van der Waals surface area contributed by atoms with E-state index in [9.17, 15) is 4.79 Å². The van der Waals surface area contributed by atoms with E-state index in [2.05, 4.69) is 34.5 Å². The van der Waals surface area contributed by atoms with Crippen molar-refractivity contribution in [3.8, 4) is 11.4 Å². The number of benzene rings is 2. The summed E-state index contributed by atoms with van der Waals surface area (Å²) in [5, 5.41) is 8.21. The van der Waals surface area contributed by atoms with Crippen molar-refractivity contribution in [2.75, 3.05) is 24.3 Å². The van der Waals surface area contributed by atoms with Gasteiger partial charge in [0.2, 0.25) is 5.95 Å². The SMILES string of the molecule is CN(C)c1ccc(-c2nc3n(n2)C(c2ccccc2)C2=C(CCCC2=O)N3)cc1. The average Bonchev–Trinajstić information content (AvgIpc) is 3.17. The van der Waals surface area contributed by atoms with Gasteiger partial charge in [0.05, 0.1) is 0 Å². The van der Waals surface area contributed by atoms with Crippen molar-refractivity contribution in [3.05, 3.63) is 71.4 Å². The van der Waals surface area contributed by atoms with Gasteiger partial charge >= 0.3 is 0 Å². The van der Waals surface area contributed by atoms with Crippen molar-refractivity contribution in [1.29, 1.82) is 0 Å². The highest BCUT2D eigenvalue weighted by molar-refractivity contribution is 5.99. The van der Waals surface area contributed by atoms with Crippen LogP contribution in [0, 0.1) is 0 Å². The molecular formula is C23H23N5O. The number of allylic oxidation sites excluding steroid dienone is 2. The van der Waals surface area contributed by atoms with Crippen molar-refractivity contribution < 1.29 is 4.79 Å². The molecule has 1 aliphatic heterocycles. The lowest BCUT2D eigenvalue weighted by atomic mass is 9.85. The van der Waals surface area contributed by atoms with E-state index in [1.807, 2.05) is 49.1 Å². The quantitative estimate of drug-likeness (QED) is 0.737. The summed E-state index contributed by atoms with van der Waals surface area (Å²) in [6.07, 6.45) is 2.33. The molecule has 5 rings (SSSR count). The third-order valence-electron chi connectivity index (χ3n) is 5.63. The molecule has 1 N–H and O–H groups in total. The number of hydrogen-bond donors (Lipinski definition) is 1. The second-order valence-electron chi connectivity index (χ2n) is 7.75. The first-order chi connectivity index (χ1) is 14.1. The largest absolute Gasteiger partial charge is 0.378 e. The van der Waals surface area contributed by atoms with Crippen LogP contribution in [-0.4, -0.2) is 34.6 Å². The van der Waals surface area contributed by atoms with Gasteiger partial charge in [0.25, 0.3) is 0 Å². The van der Waals surface area contributed by atoms with Gasteiger partial charge in [0, 0.05) is 43.0 Å². The monoisotopic (exact) mass is 385 g/mol. The first kappa shape index (κ1) is 17.7. The number of Topliss-reactive ketones (excluding diaryl/α,β-unsaturated/α-hetero) is 1. The van der Waals surface area contributed by atoms with Gasteiger partial charge in [-0.2, -0.15) is 4.98 Å². The molecule has 0 saturated heterocycles. The maximum atomic E-state index is 12.8. The Balaban J connectivity index is 1.61. The Labute approximate surface area is 169 Å². The lowest BCUT2D eigenvalue weighted by Gasteiger charge is -2.32. The van der Waals surface area contributed by atoms with Crippen LogP contribution in [0.2, 0.25) is 0 Å². The van der Waals surface area contributed by atoms with Crippen LogP contribution in [0.25, 0.3) is 11.4 Å². The van der Waals surface area contributed by atoms with E-state index < -0.39 is 0 Å². The van der Waals surface area contributed by atoms with Crippen molar-refractivity contribution in [2.45, 2.75) is 25.3 Å². The van der Waals surface area contributed by atoms with Crippen LogP contribution >= 0.6 is 0 Å². The van der Waals surface area contributed by atoms with Crippen LogP contribution in [-0.2, 0) is 4.79 Å². The average molecular weight is 385 g/mol. The Morgan fingerprint density at radius 2 is 1.79 bits per heavy atom. The molecule has 2 aromatic carbocycles. The lowest BCUT2D eigenvalue weighted by Crippen LogP contribution is -2.31. The number of ketones is 1. The predicted octanol–water partition coefficient (Wildman–Crippen LogP) is 4.03. The summed E-state index contributed by atoms with van der Waals surface area (Å²) in [7, 11) is 4.04. The summed E-state index contributed by atoms with van der Waals surface area (Å²) in [5.74, 6) is 1.55. The summed E-state index contributed by atoms with van der Waals surface area (Å²) < 4.78 is 1.87. The van der Waals surface area contributed by atoms with Crippen LogP contribution in [0.15, 0.2) is 65.9 Å². The van der Waals surface area contributed by atoms with Crippen LogP contribution in [0.1, 0.15) is 30.9 Å². The fourth-order valence-electron chi connectivity index (χ4n) is 4.13. The number of rotatable bonds is 3. The second kappa shape index (κ2) is 6.88. The molecule has 1 unspecified atom stereocenters. The molecule has 0 amide bonds. The molecule has 2 aliphatic rings. The van der Waals surface area contributed by atoms with Gasteiger partial charge in [-0.3, -0.25) is 4.79 Å². The Kier molecular flexibility index (Phi) is 4.19. The zero-order valence-electron chi connectivity index (χ0n) is 16.6. The summed E-state index contributed by atoms with van der Waals surface area (Å²) >= 11 is 0. The van der Waals surface area contributed by atoms with Gasteiger partial charge in [0.15, 0.2) is 11.6 Å². The van der Waals surface area contributed by atoms with E-state index in [1.165, 1.54) is 0 Å². The maximum absolute atomic E-state index is 12.8. The van der Waals surface area contributed by atoms with Crippen LogP contribution in [0.5, 0.6) is 0 Å². The van der Waals surface area contributed by atoms with Gasteiger partial charge in [-0.05, 0) is 42.7 Å². The number of aromatic nitrogens is 3. The van der Waals surface area contributed by atoms with Crippen LogP contribution in [0.3, 0.4) is 0 Å². The van der Waals surface area contributed by atoms with E-state index >= 15 is 0 Å². The lowest BCUT2D eigenvalue weighted by molar-refractivity contribution is -0.116. The summed E-state index contributed by atoms with van der Waals surface area (Å²) in [5.41, 5.74) is 4.95. The molecule has 0 radical (unpaired) electrons. The summed E-state index contributed by atoms with van der Waals surface area (Å²) in [6.45, 7) is 0. The zero-order chi connectivity index (χ0) is 20.0. The second-order valence-corrected chi connectivity index (χ2v) is 7.75. The van der Waals surface area contributed by atoms with Gasteiger partial charge in [-0.25, -0.2) is 4.68 Å². The van der Waals surface area contributed by atoms with E-state index in [0.29, 0.717) is 18.2 Å². The molecule has 0 fully saturated rings. The minimum Gasteiger partial charge on any atom is -0.378 e. The first-order valence-corrected chi connectivity index (χ1v) is 9.94. The van der Waals surface area contributed by atoms with Gasteiger partial charge in [-0.15, -0.1) is 5.10 Å². The van der Waals surface area contributed by atoms with E-state index in [-0.39, 0.29) is 11.8 Å². The minimum atomic E-state index is -0.238. The Bertz CT molecular complexity index is 1100. The van der Waals surface area contributed by atoms with E-state index in [4.69, 9.17) is 10.1 Å². The molecule has 0 bridgehead atoms. The topological polar surface area (TPSA) is 63.1 Å². The van der Waals surface area contributed by atoms with E-state index in [0.717, 1.165) is 40.9 Å². The third kappa shape index (κ3) is 3.01. The van der Waals surface area contributed by atoms with E-state index in [1.54, 1.807) is 0 Å². The maximum Gasteiger partial charge on any atom is 0.226 e. The number of nitrogens with zero attached hydrogens (tertiary/aromatic N) is 4. The molecule has 29 heavy (non-hydrogen) atoms. The molecule has 0 saturated carbocycles. The van der Waals surface area contributed by atoms with Gasteiger partial charge < -0.3 is 10.2 Å². The number of carbonyl (C=O) groups is 1. The highest BCUT2D eigenvalue weighted by Gasteiger charge is 2.36. The Hall–Kier alpha value is -3.41. The highest BCUT2D eigenvalue weighted by atomic mass is 16.1. The van der Waals surface area contributed by atoms with Gasteiger partial charge in [-0.1, -0.05) is 30.3 Å². The molecule has 1 atom stereocenters. The van der Waals surface area contributed by atoms with Crippen LogP contribution in [0.4, 0.5) is 11.6 Å². The molecule has 146 valence electrons. The standard InChI is InChI=1S/C23H23N5O/c1-27(2)17-13-11-16(12-14-17)22-25-23-24-18-9-6-10-19(29)20(18)21(28(23)26-22)15-7-4-3-5-8-15/h3-5,7-8,11-14,21H,6,9-10H2,1-2H3,(H,24,25,26). The summed E-state index contributed by atoms with van der Waals surface area (Å²) in [6, 6.07) is 18.1. The molecule has 6 heteroatoms. The molecular weight excluding hydrogens is 362 g/mol. The molecule has 1 aromatic heterocycles. The van der Waals surface area contributed by atoms with Crippen molar-refractivity contribution in [3.63, 3.8) is 0 Å². The number of anilines is 2. The number of carbonyl (C=O) groups excluding carboxylic acids is 1. The Morgan fingerprint density at radius 3 is 2.52 bits per heavy atom. The van der Waals surface area contributed by atoms with Crippen molar-refractivity contribution in [2.24, 2.45) is 0 Å². The molecule has 3 aromatic rings. The molecule has 2 heterocycles. The Morgan fingerprint density at radius 1 is 1.03 bits per heavy atom. The van der Waals surface area contributed by atoms with Crippen molar-refractivity contribution in [1.82, 2.24) is 14.8 Å². The molecule has 0 spiro atoms. The third-order valence-corrected chi connectivity index (χ3v) is 5.63. The fourth-order valence-corrected chi connectivity index (χ4v) is 4.13. The normalized spacial score (nSPS) is 18.1. The minimum absolute atomic E-state index is 0.200. The predicted molar refractivity (Wildman–Crippen MR) is 114 cm³/mol. The smallest absolute Gasteiger partial charge is 0.226 e. The first-order valence-electron chi connectivity index (χ1n) is 9.94. The number of fused-ring (bicyclic) bond motifs is 1. The molecule has 1 aliphatic carbocycles. The number of hydrogen-bond acceptors (Lipinski definition) is 5.